The highest BCUT2D eigenvalue weighted by atomic mass is 16.6. The molecule has 1 aromatic heterocycles. The Kier molecular flexibility index (Phi) is 8.00. The van der Waals surface area contributed by atoms with Gasteiger partial charge < -0.3 is 37.9 Å². The number of hydrogen-bond donors (Lipinski definition) is 1. The molecule has 2 aliphatic carbocycles. The Morgan fingerprint density at radius 1 is 1.02 bits per heavy atom. The van der Waals surface area contributed by atoms with Crippen molar-refractivity contribution in [2.45, 2.75) is 109 Å². The Morgan fingerprint density at radius 3 is 2.20 bits per heavy atom. The molecule has 1 spiro atoms. The third-order valence-electron chi connectivity index (χ3n) is 11.2. The maximum atomic E-state index is 13.5. The number of furan rings is 1. The van der Waals surface area contributed by atoms with Crippen LogP contribution in [0.3, 0.4) is 0 Å². The molecule has 0 aromatic carbocycles. The Hall–Kier alpha value is -3.71. The summed E-state index contributed by atoms with van der Waals surface area (Å²) in [7, 11) is 1.22. The standard InChI is InChI=1S/C33H42O13/c1-16-32-14-24(38)45-26(20-10-11-41-15-20)30(32,7)13-22(42-17(2)34)33(16,39)31(8)21(12-23(37)40-9)29(5,6)27(44-19(4)36)25(28(31)46-32)43-18(3)35/h10-11,15,21-22,25-28,39H,1,12-14H2,2-9H3/t21-,22+,25-,26-,27+,28-,30-,31+,32-,33-/m0/s1. The van der Waals surface area contributed by atoms with Crippen molar-refractivity contribution >= 4 is 29.8 Å². The van der Waals surface area contributed by atoms with Gasteiger partial charge in [0.2, 0.25) is 0 Å². The van der Waals surface area contributed by atoms with Crippen molar-refractivity contribution in [2.24, 2.45) is 22.2 Å². The molecule has 46 heavy (non-hydrogen) atoms. The summed E-state index contributed by atoms with van der Waals surface area (Å²) in [6.07, 6.45) is -4.10. The highest BCUT2D eigenvalue weighted by Gasteiger charge is 2.83. The Balaban J connectivity index is 1.85. The van der Waals surface area contributed by atoms with E-state index in [9.17, 15) is 29.1 Å². The van der Waals surface area contributed by atoms with E-state index in [-0.39, 0.29) is 18.4 Å². The molecule has 4 aliphatic rings. The van der Waals surface area contributed by atoms with E-state index in [0.717, 1.165) is 0 Å². The Bertz CT molecular complexity index is 1460. The van der Waals surface area contributed by atoms with Gasteiger partial charge in [-0.2, -0.15) is 0 Å². The minimum Gasteiger partial charge on any atom is -0.472 e. The summed E-state index contributed by atoms with van der Waals surface area (Å²) in [5.41, 5.74) is -7.39. The highest BCUT2D eigenvalue weighted by Crippen LogP contribution is 2.74. The average molecular weight is 647 g/mol. The largest absolute Gasteiger partial charge is 0.472 e. The quantitative estimate of drug-likeness (QED) is 0.271. The van der Waals surface area contributed by atoms with Gasteiger partial charge in [0.15, 0.2) is 6.10 Å². The first-order chi connectivity index (χ1) is 21.3. The summed E-state index contributed by atoms with van der Waals surface area (Å²) in [6, 6.07) is 1.63. The maximum absolute atomic E-state index is 13.5. The lowest BCUT2D eigenvalue weighted by Gasteiger charge is -2.75. The maximum Gasteiger partial charge on any atom is 0.309 e. The summed E-state index contributed by atoms with van der Waals surface area (Å²) < 4.78 is 41.1. The van der Waals surface area contributed by atoms with Crippen LogP contribution in [0.2, 0.25) is 0 Å². The van der Waals surface area contributed by atoms with Crippen LogP contribution in [0.4, 0.5) is 0 Å². The zero-order chi connectivity index (χ0) is 34.2. The monoisotopic (exact) mass is 646 g/mol. The van der Waals surface area contributed by atoms with Gasteiger partial charge in [0.25, 0.3) is 0 Å². The number of ether oxygens (including phenoxy) is 6. The number of carbonyl (C=O) groups excluding carboxylic acids is 5. The van der Waals surface area contributed by atoms with Gasteiger partial charge >= 0.3 is 29.8 Å². The van der Waals surface area contributed by atoms with Gasteiger partial charge in [-0.3, -0.25) is 24.0 Å². The van der Waals surface area contributed by atoms with E-state index < -0.39 is 100 Å². The fourth-order valence-corrected chi connectivity index (χ4v) is 9.20. The SMILES string of the molecule is C=C1[C@@]23CC(=O)O[C@@H](c4ccoc4)[C@]2(C)C[C@@H](OC(C)=O)[C@]1(O)[C@@]1(C)[C@@H](O3)[C@@H](OC(C)=O)[C@@H](OC(C)=O)C(C)(C)[C@@H]1CC(=O)OC. The lowest BCUT2D eigenvalue weighted by molar-refractivity contribution is -0.383. The van der Waals surface area contributed by atoms with Gasteiger partial charge in [0.1, 0.15) is 35.6 Å². The molecular formula is C33H42O13. The first-order valence-electron chi connectivity index (χ1n) is 15.2. The van der Waals surface area contributed by atoms with Crippen molar-refractivity contribution in [3.05, 3.63) is 36.3 Å². The van der Waals surface area contributed by atoms with E-state index >= 15 is 0 Å². The second-order valence-electron chi connectivity index (χ2n) is 14.0. The van der Waals surface area contributed by atoms with Crippen molar-refractivity contribution in [3.8, 4) is 0 Å². The van der Waals surface area contributed by atoms with Crippen LogP contribution in [0.25, 0.3) is 0 Å². The topological polar surface area (TPSA) is 174 Å². The summed E-state index contributed by atoms with van der Waals surface area (Å²) in [6.45, 7) is 14.8. The second-order valence-corrected chi connectivity index (χ2v) is 14.0. The summed E-state index contributed by atoms with van der Waals surface area (Å²) >= 11 is 0. The Morgan fingerprint density at radius 2 is 1.65 bits per heavy atom. The van der Waals surface area contributed by atoms with Crippen molar-refractivity contribution in [3.63, 3.8) is 0 Å². The predicted molar refractivity (Wildman–Crippen MR) is 155 cm³/mol. The van der Waals surface area contributed by atoms with Crippen LogP contribution in [0, 0.1) is 22.2 Å². The van der Waals surface area contributed by atoms with E-state index in [1.807, 2.05) is 0 Å². The van der Waals surface area contributed by atoms with Crippen molar-refractivity contribution in [1.82, 2.24) is 0 Å². The van der Waals surface area contributed by atoms with Crippen LogP contribution in [-0.4, -0.2) is 77.7 Å². The molecule has 2 bridgehead atoms. The first kappa shape index (κ1) is 33.6. The molecule has 2 saturated carbocycles. The first-order valence-corrected chi connectivity index (χ1v) is 15.2. The van der Waals surface area contributed by atoms with Gasteiger partial charge in [-0.15, -0.1) is 0 Å². The molecule has 13 heteroatoms. The molecule has 4 fully saturated rings. The van der Waals surface area contributed by atoms with Gasteiger partial charge in [-0.1, -0.05) is 34.3 Å². The highest BCUT2D eigenvalue weighted by molar-refractivity contribution is 5.76. The van der Waals surface area contributed by atoms with Crippen LogP contribution in [0.1, 0.15) is 79.4 Å². The lowest BCUT2D eigenvalue weighted by Crippen LogP contribution is -2.85. The lowest BCUT2D eigenvalue weighted by atomic mass is 9.38. The van der Waals surface area contributed by atoms with Gasteiger partial charge in [-0.25, -0.2) is 0 Å². The fourth-order valence-electron chi connectivity index (χ4n) is 9.20. The van der Waals surface area contributed by atoms with Crippen LogP contribution in [0.5, 0.6) is 0 Å². The molecular weight excluding hydrogens is 604 g/mol. The van der Waals surface area contributed by atoms with E-state index in [1.54, 1.807) is 33.8 Å². The molecule has 5 rings (SSSR count). The number of methoxy groups -OCH3 is 1. The average Bonchev–Trinajstić information content (AvgIpc) is 3.48. The van der Waals surface area contributed by atoms with Crippen LogP contribution < -0.4 is 0 Å². The number of cyclic esters (lactones) is 1. The smallest absolute Gasteiger partial charge is 0.309 e. The molecule has 1 aromatic rings. The molecule has 2 aliphatic heterocycles. The van der Waals surface area contributed by atoms with E-state index in [0.29, 0.717) is 5.56 Å². The molecule has 0 amide bonds. The number of aliphatic hydroxyl groups is 1. The number of carbonyl (C=O) groups is 5. The Labute approximate surface area is 266 Å². The number of rotatable bonds is 6. The second kappa shape index (κ2) is 10.9. The van der Waals surface area contributed by atoms with E-state index in [1.165, 1.54) is 40.4 Å². The number of fused-ring (bicyclic) bond motifs is 3. The minimum absolute atomic E-state index is 0.0436. The molecule has 3 heterocycles. The normalized spacial score (nSPS) is 40.8. The third kappa shape index (κ3) is 4.44. The molecule has 0 unspecified atom stereocenters. The zero-order valence-corrected chi connectivity index (χ0v) is 27.4. The van der Waals surface area contributed by atoms with Crippen molar-refractivity contribution < 1.29 is 61.9 Å². The molecule has 10 atom stereocenters. The van der Waals surface area contributed by atoms with Crippen LogP contribution in [-0.2, 0) is 52.4 Å². The van der Waals surface area contributed by atoms with Gasteiger partial charge in [-0.05, 0) is 24.0 Å². The summed E-state index contributed by atoms with van der Waals surface area (Å²) in [4.78, 5) is 64.5. The predicted octanol–water partition coefficient (Wildman–Crippen LogP) is 3.12. The van der Waals surface area contributed by atoms with Crippen LogP contribution in [0.15, 0.2) is 35.2 Å². The van der Waals surface area contributed by atoms with Crippen molar-refractivity contribution in [1.29, 1.82) is 0 Å². The third-order valence-corrected chi connectivity index (χ3v) is 11.2. The molecule has 0 radical (unpaired) electrons. The van der Waals surface area contributed by atoms with Crippen LogP contribution >= 0.6 is 0 Å². The van der Waals surface area contributed by atoms with E-state index in [2.05, 4.69) is 6.58 Å². The van der Waals surface area contributed by atoms with E-state index in [4.69, 9.17) is 32.8 Å². The minimum atomic E-state index is -2.19. The summed E-state index contributed by atoms with van der Waals surface area (Å²) in [5.74, 6) is -4.33. The number of hydrogen-bond acceptors (Lipinski definition) is 13. The van der Waals surface area contributed by atoms with Crippen molar-refractivity contribution in [2.75, 3.05) is 7.11 Å². The zero-order valence-electron chi connectivity index (χ0n) is 27.4. The summed E-state index contributed by atoms with van der Waals surface area (Å²) in [5, 5.41) is 13.4. The fraction of sp³-hybridized carbons (Fsp3) is 0.667. The molecule has 2 saturated heterocycles. The van der Waals surface area contributed by atoms with Gasteiger partial charge in [0.05, 0.1) is 26.1 Å². The van der Waals surface area contributed by atoms with Gasteiger partial charge in [0, 0.05) is 49.0 Å². The molecule has 1 N–H and O–H groups in total. The number of esters is 5. The molecule has 13 nitrogen and oxygen atoms in total. The molecule has 252 valence electrons.